The van der Waals surface area contributed by atoms with E-state index in [1.807, 2.05) is 0 Å². The van der Waals surface area contributed by atoms with Gasteiger partial charge in [-0.05, 0) is 6.92 Å². The molecule has 0 rings (SSSR count). The van der Waals surface area contributed by atoms with Crippen molar-refractivity contribution in [3.8, 4) is 11.8 Å². The molecule has 33 valence electrons. The number of halogens is 1. The Morgan fingerprint density at radius 2 is 2.50 bits per heavy atom. The van der Waals surface area contributed by atoms with Crippen molar-refractivity contribution in [1.29, 1.82) is 0 Å². The second-order valence-corrected chi connectivity index (χ2v) is 0.785. The predicted molar refractivity (Wildman–Crippen MR) is 23.5 cm³/mol. The van der Waals surface area contributed by atoms with Crippen molar-refractivity contribution >= 4 is 0 Å². The third-order valence-corrected chi connectivity index (χ3v) is 0.356. The maximum absolute atomic E-state index is 11.0. The lowest BCUT2D eigenvalue weighted by atomic mass is 10.5. The molecule has 0 spiro atoms. The summed E-state index contributed by atoms with van der Waals surface area (Å²) in [4.78, 5) is 0. The van der Waals surface area contributed by atoms with Crippen molar-refractivity contribution in [2.45, 2.75) is 13.3 Å². The van der Waals surface area contributed by atoms with Gasteiger partial charge in [0.05, 0.1) is 0 Å². The molecule has 0 unspecified atom stereocenters. The van der Waals surface area contributed by atoms with E-state index in [1.165, 1.54) is 0 Å². The quantitative estimate of drug-likeness (QED) is 0.423. The van der Waals surface area contributed by atoms with Gasteiger partial charge in [0.15, 0.2) is 0 Å². The summed E-state index contributed by atoms with van der Waals surface area (Å²) in [6, 6.07) is 0. The summed E-state index contributed by atoms with van der Waals surface area (Å²) in [5, 5.41) is 0. The van der Waals surface area contributed by atoms with Crippen molar-refractivity contribution in [3.63, 3.8) is 0 Å². The van der Waals surface area contributed by atoms with Gasteiger partial charge in [0.2, 0.25) is 0 Å². The Kier molecular flexibility index (Phi) is 4.11. The monoisotopic (exact) mass is 85.0 g/mol. The molecule has 0 aliphatic rings. The van der Waals surface area contributed by atoms with Crippen LogP contribution in [0.5, 0.6) is 0 Å². The summed E-state index contributed by atoms with van der Waals surface area (Å²) >= 11 is 0. The summed E-state index contributed by atoms with van der Waals surface area (Å²) < 4.78 is 11.0. The normalized spacial score (nSPS) is 6.33. The average molecular weight is 85.1 g/mol. The van der Waals surface area contributed by atoms with Gasteiger partial charge >= 0.3 is 0 Å². The zero-order valence-corrected chi connectivity index (χ0v) is 3.66. The highest BCUT2D eigenvalue weighted by molar-refractivity contribution is 4.96. The van der Waals surface area contributed by atoms with Gasteiger partial charge in [-0.15, -0.1) is 11.8 Å². The summed E-state index contributed by atoms with van der Waals surface area (Å²) in [7, 11) is 0. The lowest BCUT2D eigenvalue weighted by Crippen LogP contribution is -1.56. The molecule has 6 heavy (non-hydrogen) atoms. The Morgan fingerprint density at radius 1 is 1.83 bits per heavy atom. The first-order chi connectivity index (χ1) is 2.91. The third-order valence-electron chi connectivity index (χ3n) is 0.356. The van der Waals surface area contributed by atoms with E-state index < -0.39 is 0 Å². The number of rotatable bonds is 1. The first-order valence-corrected chi connectivity index (χ1v) is 1.73. The SMILES string of the molecule is CC#CC[CH]F. The molecule has 0 aliphatic heterocycles. The fourth-order valence-corrected chi connectivity index (χ4v) is 0.141. The Labute approximate surface area is 37.4 Å². The summed E-state index contributed by atoms with van der Waals surface area (Å²) in [5.74, 6) is 5.06. The molecule has 0 heterocycles. The lowest BCUT2D eigenvalue weighted by Gasteiger charge is -1.67. The van der Waals surface area contributed by atoms with Crippen LogP contribution in [-0.4, -0.2) is 0 Å². The van der Waals surface area contributed by atoms with Gasteiger partial charge < -0.3 is 0 Å². The highest BCUT2D eigenvalue weighted by Crippen LogP contribution is 1.80. The molecule has 0 aliphatic carbocycles. The smallest absolute Gasteiger partial charge is 0.143 e. The van der Waals surface area contributed by atoms with Crippen molar-refractivity contribution in [2.24, 2.45) is 0 Å². The summed E-state index contributed by atoms with van der Waals surface area (Å²) in [6.45, 7) is 2.22. The van der Waals surface area contributed by atoms with E-state index in [4.69, 9.17) is 0 Å². The number of hydrogen-bond acceptors (Lipinski definition) is 0. The van der Waals surface area contributed by atoms with E-state index in [0.29, 0.717) is 6.67 Å². The number of hydrogen-bond donors (Lipinski definition) is 0. The van der Waals surface area contributed by atoms with E-state index in [9.17, 15) is 4.39 Å². The molecule has 0 saturated heterocycles. The first kappa shape index (κ1) is 5.49. The molecule has 0 nitrogen and oxygen atoms in total. The molecule has 0 atom stereocenters. The van der Waals surface area contributed by atoms with Crippen LogP contribution in [0.2, 0.25) is 0 Å². The van der Waals surface area contributed by atoms with Gasteiger partial charge in [0.25, 0.3) is 0 Å². The molecule has 0 N–H and O–H groups in total. The maximum Gasteiger partial charge on any atom is 0.143 e. The fraction of sp³-hybridized carbons (Fsp3) is 0.400. The molecule has 0 saturated carbocycles. The highest BCUT2D eigenvalue weighted by atomic mass is 19.1. The van der Waals surface area contributed by atoms with Gasteiger partial charge in [-0.3, -0.25) is 0 Å². The highest BCUT2D eigenvalue weighted by Gasteiger charge is 1.69. The van der Waals surface area contributed by atoms with Gasteiger partial charge in [-0.1, -0.05) is 0 Å². The lowest BCUT2D eigenvalue weighted by molar-refractivity contribution is 0.609. The van der Waals surface area contributed by atoms with Gasteiger partial charge in [-0.2, -0.15) is 0 Å². The standard InChI is InChI=1S/C5H6F/c1-2-3-4-5-6/h5H,4H2,1H3. The minimum Gasteiger partial charge on any atom is -0.243 e. The zero-order valence-electron chi connectivity index (χ0n) is 3.66. The summed E-state index contributed by atoms with van der Waals surface area (Å²) in [6.07, 6.45) is 0.260. The van der Waals surface area contributed by atoms with Crippen LogP contribution in [-0.2, 0) is 0 Å². The van der Waals surface area contributed by atoms with Crippen LogP contribution in [0.4, 0.5) is 4.39 Å². The van der Waals surface area contributed by atoms with Gasteiger partial charge in [-0.25, -0.2) is 4.39 Å². The van der Waals surface area contributed by atoms with E-state index in [2.05, 4.69) is 11.8 Å². The van der Waals surface area contributed by atoms with Crippen LogP contribution in [0, 0.1) is 18.5 Å². The zero-order chi connectivity index (χ0) is 4.83. The maximum atomic E-state index is 11.0. The Balaban J connectivity index is 2.79. The molecule has 0 aromatic rings. The largest absolute Gasteiger partial charge is 0.243 e. The molecular formula is C5H6F. The molecule has 0 fully saturated rings. The van der Waals surface area contributed by atoms with Crippen LogP contribution >= 0.6 is 0 Å². The van der Waals surface area contributed by atoms with Crippen molar-refractivity contribution in [1.82, 2.24) is 0 Å². The topological polar surface area (TPSA) is 0 Å². The second kappa shape index (κ2) is 4.49. The first-order valence-electron chi connectivity index (χ1n) is 1.73. The Hall–Kier alpha value is -0.510. The third kappa shape index (κ3) is 3.49. The Bertz CT molecular complexity index is 65.7. The van der Waals surface area contributed by atoms with Crippen LogP contribution in [0.25, 0.3) is 0 Å². The molecule has 0 bridgehead atoms. The van der Waals surface area contributed by atoms with E-state index in [0.717, 1.165) is 0 Å². The minimum atomic E-state index is 0.260. The average Bonchev–Trinajstić information content (AvgIpc) is 1.61. The van der Waals surface area contributed by atoms with Crippen molar-refractivity contribution in [3.05, 3.63) is 6.67 Å². The fourth-order valence-electron chi connectivity index (χ4n) is 0.141. The minimum absolute atomic E-state index is 0.260. The summed E-state index contributed by atoms with van der Waals surface area (Å²) in [5.41, 5.74) is 0. The molecule has 1 heteroatoms. The van der Waals surface area contributed by atoms with Gasteiger partial charge in [0.1, 0.15) is 6.67 Å². The van der Waals surface area contributed by atoms with Crippen LogP contribution in [0.15, 0.2) is 0 Å². The molecule has 0 aromatic heterocycles. The molecule has 0 aromatic carbocycles. The molecular weight excluding hydrogens is 79.1 g/mol. The predicted octanol–water partition coefficient (Wildman–Crippen LogP) is 1.53. The molecule has 0 amide bonds. The van der Waals surface area contributed by atoms with Crippen molar-refractivity contribution in [2.75, 3.05) is 0 Å². The van der Waals surface area contributed by atoms with Gasteiger partial charge in [0, 0.05) is 6.42 Å². The van der Waals surface area contributed by atoms with Crippen LogP contribution in [0.1, 0.15) is 13.3 Å². The van der Waals surface area contributed by atoms with E-state index in [1.54, 1.807) is 6.92 Å². The second-order valence-electron chi connectivity index (χ2n) is 0.785. The van der Waals surface area contributed by atoms with E-state index in [-0.39, 0.29) is 6.42 Å². The van der Waals surface area contributed by atoms with Crippen LogP contribution < -0.4 is 0 Å². The van der Waals surface area contributed by atoms with Crippen molar-refractivity contribution < 1.29 is 4.39 Å². The van der Waals surface area contributed by atoms with E-state index >= 15 is 0 Å². The van der Waals surface area contributed by atoms with Crippen LogP contribution in [0.3, 0.4) is 0 Å². The Morgan fingerprint density at radius 3 is 2.67 bits per heavy atom. The molecule has 1 radical (unpaired) electrons.